The first-order chi connectivity index (χ1) is 16.5. The predicted molar refractivity (Wildman–Crippen MR) is 139 cm³/mol. The first kappa shape index (κ1) is 24.1. The fourth-order valence-electron chi connectivity index (χ4n) is 3.79. The van der Waals surface area contributed by atoms with Crippen molar-refractivity contribution in [3.05, 3.63) is 75.4 Å². The SMILES string of the molecule is CCCCOc1ccc(C(=O)Nc2ccc(N3CCN(C(=O)c4cccs4)CC3)c(Cl)c2)cc1. The molecule has 1 aliphatic rings. The first-order valence-electron chi connectivity index (χ1n) is 11.5. The van der Waals surface area contributed by atoms with E-state index in [-0.39, 0.29) is 11.8 Å². The number of carbonyl (C=O) groups is 2. The van der Waals surface area contributed by atoms with E-state index in [0.717, 1.165) is 29.2 Å². The normalized spacial score (nSPS) is 13.6. The fraction of sp³-hybridized carbons (Fsp3) is 0.308. The van der Waals surface area contributed by atoms with Crippen molar-refractivity contribution in [2.75, 3.05) is 43.0 Å². The van der Waals surface area contributed by atoms with Crippen molar-refractivity contribution in [1.29, 1.82) is 0 Å². The van der Waals surface area contributed by atoms with Crippen LogP contribution in [0.5, 0.6) is 5.75 Å². The van der Waals surface area contributed by atoms with Gasteiger partial charge in [-0.3, -0.25) is 9.59 Å². The smallest absolute Gasteiger partial charge is 0.264 e. The number of benzene rings is 2. The van der Waals surface area contributed by atoms with E-state index < -0.39 is 0 Å². The van der Waals surface area contributed by atoms with E-state index >= 15 is 0 Å². The van der Waals surface area contributed by atoms with Crippen LogP contribution in [0.15, 0.2) is 60.0 Å². The Morgan fingerprint density at radius 2 is 1.82 bits per heavy atom. The molecular formula is C26H28ClN3O3S. The molecule has 6 nitrogen and oxygen atoms in total. The molecule has 3 aromatic rings. The Balaban J connectivity index is 1.32. The minimum atomic E-state index is -0.204. The Morgan fingerprint density at radius 3 is 2.47 bits per heavy atom. The maximum Gasteiger partial charge on any atom is 0.264 e. The number of hydrogen-bond acceptors (Lipinski definition) is 5. The highest BCUT2D eigenvalue weighted by Crippen LogP contribution is 2.30. The number of piperazine rings is 1. The van der Waals surface area contributed by atoms with Crippen LogP contribution in [-0.2, 0) is 0 Å². The number of ether oxygens (including phenoxy) is 1. The lowest BCUT2D eigenvalue weighted by Gasteiger charge is -2.36. The summed E-state index contributed by atoms with van der Waals surface area (Å²) in [6.45, 7) is 5.48. The van der Waals surface area contributed by atoms with E-state index in [2.05, 4.69) is 17.1 Å². The number of carbonyl (C=O) groups excluding carboxylic acids is 2. The predicted octanol–water partition coefficient (Wildman–Crippen LogP) is 5.80. The molecule has 0 aliphatic carbocycles. The standard InChI is InChI=1S/C26H28ClN3O3S/c1-2-3-16-33-21-9-6-19(7-10-21)25(31)28-20-8-11-23(22(27)18-20)29-12-14-30(15-13-29)26(32)24-5-4-17-34-24/h4-11,17-18H,2-3,12-16H2,1H3,(H,28,31). The summed E-state index contributed by atoms with van der Waals surface area (Å²) in [5.41, 5.74) is 2.08. The molecule has 8 heteroatoms. The van der Waals surface area contributed by atoms with E-state index in [1.165, 1.54) is 11.3 Å². The first-order valence-corrected chi connectivity index (χ1v) is 12.7. The Labute approximate surface area is 209 Å². The number of hydrogen-bond donors (Lipinski definition) is 1. The van der Waals surface area contributed by atoms with Gasteiger partial charge in [0.1, 0.15) is 5.75 Å². The van der Waals surface area contributed by atoms with Crippen LogP contribution in [0.1, 0.15) is 39.8 Å². The summed E-state index contributed by atoms with van der Waals surface area (Å²) >= 11 is 8.03. The van der Waals surface area contributed by atoms with Crippen LogP contribution >= 0.6 is 22.9 Å². The molecule has 1 fully saturated rings. The molecule has 0 bridgehead atoms. The Kier molecular flexibility index (Phi) is 8.08. The molecule has 1 aliphatic heterocycles. The lowest BCUT2D eigenvalue weighted by molar-refractivity contribution is 0.0751. The van der Waals surface area contributed by atoms with Crippen molar-refractivity contribution in [1.82, 2.24) is 4.90 Å². The maximum absolute atomic E-state index is 12.6. The fourth-order valence-corrected chi connectivity index (χ4v) is 4.78. The molecule has 0 atom stereocenters. The zero-order valence-electron chi connectivity index (χ0n) is 19.1. The number of halogens is 1. The zero-order chi connectivity index (χ0) is 23.9. The second-order valence-electron chi connectivity index (χ2n) is 8.10. The van der Waals surface area contributed by atoms with Crippen LogP contribution in [-0.4, -0.2) is 49.5 Å². The lowest BCUT2D eigenvalue weighted by atomic mass is 10.2. The van der Waals surface area contributed by atoms with Gasteiger partial charge in [-0.15, -0.1) is 11.3 Å². The summed E-state index contributed by atoms with van der Waals surface area (Å²) in [6, 6.07) is 16.4. The Hall–Kier alpha value is -3.03. The summed E-state index contributed by atoms with van der Waals surface area (Å²) < 4.78 is 5.65. The molecule has 2 amide bonds. The van der Waals surface area contributed by atoms with Gasteiger partial charge in [0.15, 0.2) is 0 Å². The van der Waals surface area contributed by atoms with Crippen molar-refractivity contribution in [3.8, 4) is 5.75 Å². The van der Waals surface area contributed by atoms with Crippen molar-refractivity contribution in [2.24, 2.45) is 0 Å². The van der Waals surface area contributed by atoms with Gasteiger partial charge in [-0.2, -0.15) is 0 Å². The Bertz CT molecular complexity index is 1110. The van der Waals surface area contributed by atoms with Crippen LogP contribution in [0.4, 0.5) is 11.4 Å². The average Bonchev–Trinajstić information content (AvgIpc) is 3.40. The van der Waals surface area contributed by atoms with Gasteiger partial charge in [0.05, 0.1) is 22.2 Å². The highest BCUT2D eigenvalue weighted by molar-refractivity contribution is 7.12. The summed E-state index contributed by atoms with van der Waals surface area (Å²) in [5, 5.41) is 5.39. The topological polar surface area (TPSA) is 61.9 Å². The number of anilines is 2. The molecule has 178 valence electrons. The molecule has 2 aromatic carbocycles. The highest BCUT2D eigenvalue weighted by atomic mass is 35.5. The molecule has 1 saturated heterocycles. The van der Waals surface area contributed by atoms with Gasteiger partial charge in [0.25, 0.3) is 11.8 Å². The van der Waals surface area contributed by atoms with Crippen molar-refractivity contribution in [2.45, 2.75) is 19.8 Å². The van der Waals surface area contributed by atoms with Gasteiger partial charge in [-0.25, -0.2) is 0 Å². The van der Waals surface area contributed by atoms with E-state index in [0.29, 0.717) is 49.1 Å². The number of nitrogens with one attached hydrogen (secondary N) is 1. The van der Waals surface area contributed by atoms with Crippen LogP contribution in [0.3, 0.4) is 0 Å². The summed E-state index contributed by atoms with van der Waals surface area (Å²) in [7, 11) is 0. The average molecular weight is 498 g/mol. The number of unbranched alkanes of at least 4 members (excludes halogenated alkanes) is 1. The quantitative estimate of drug-likeness (QED) is 0.400. The number of nitrogens with zero attached hydrogens (tertiary/aromatic N) is 2. The second kappa shape index (κ2) is 11.4. The monoisotopic (exact) mass is 497 g/mol. The van der Waals surface area contributed by atoms with Gasteiger partial charge in [-0.05, 0) is 60.3 Å². The molecule has 0 saturated carbocycles. The molecular weight excluding hydrogens is 470 g/mol. The highest BCUT2D eigenvalue weighted by Gasteiger charge is 2.24. The molecule has 1 N–H and O–H groups in total. The van der Waals surface area contributed by atoms with Gasteiger partial charge in [0, 0.05) is 37.4 Å². The largest absolute Gasteiger partial charge is 0.494 e. The minimum absolute atomic E-state index is 0.0827. The molecule has 2 heterocycles. The number of thiophene rings is 1. The number of amides is 2. The molecule has 1 aromatic heterocycles. The third kappa shape index (κ3) is 5.90. The van der Waals surface area contributed by atoms with Crippen molar-refractivity contribution in [3.63, 3.8) is 0 Å². The summed E-state index contributed by atoms with van der Waals surface area (Å²) in [5.74, 6) is 0.638. The van der Waals surface area contributed by atoms with Crippen LogP contribution in [0.25, 0.3) is 0 Å². The molecule has 0 radical (unpaired) electrons. The lowest BCUT2D eigenvalue weighted by Crippen LogP contribution is -2.48. The van der Waals surface area contributed by atoms with Crippen LogP contribution in [0, 0.1) is 0 Å². The van der Waals surface area contributed by atoms with Crippen LogP contribution < -0.4 is 15.0 Å². The molecule has 0 spiro atoms. The van der Waals surface area contributed by atoms with E-state index in [9.17, 15) is 9.59 Å². The second-order valence-corrected chi connectivity index (χ2v) is 9.46. The number of rotatable bonds is 8. The third-order valence-corrected chi connectivity index (χ3v) is 6.89. The summed E-state index contributed by atoms with van der Waals surface area (Å²) in [4.78, 5) is 30.0. The zero-order valence-corrected chi connectivity index (χ0v) is 20.7. The maximum atomic E-state index is 12.6. The van der Waals surface area contributed by atoms with Gasteiger partial charge in [0.2, 0.25) is 0 Å². The van der Waals surface area contributed by atoms with Crippen molar-refractivity contribution < 1.29 is 14.3 Å². The summed E-state index contributed by atoms with van der Waals surface area (Å²) in [6.07, 6.45) is 2.08. The Morgan fingerprint density at radius 1 is 1.06 bits per heavy atom. The molecule has 0 unspecified atom stereocenters. The molecule has 34 heavy (non-hydrogen) atoms. The third-order valence-electron chi connectivity index (χ3n) is 5.73. The van der Waals surface area contributed by atoms with Gasteiger partial charge in [-0.1, -0.05) is 31.0 Å². The van der Waals surface area contributed by atoms with Crippen LogP contribution in [0.2, 0.25) is 5.02 Å². The van der Waals surface area contributed by atoms with E-state index in [4.69, 9.17) is 16.3 Å². The van der Waals surface area contributed by atoms with E-state index in [1.54, 1.807) is 18.2 Å². The molecule has 4 rings (SSSR count). The van der Waals surface area contributed by atoms with Crippen molar-refractivity contribution >= 4 is 46.1 Å². The van der Waals surface area contributed by atoms with Gasteiger partial charge >= 0.3 is 0 Å². The minimum Gasteiger partial charge on any atom is -0.494 e. The van der Waals surface area contributed by atoms with E-state index in [1.807, 2.05) is 46.7 Å². The van der Waals surface area contributed by atoms with Gasteiger partial charge < -0.3 is 19.9 Å².